The number of H-pyrrole nitrogens is 1. The van der Waals surface area contributed by atoms with Gasteiger partial charge < -0.3 is 16.0 Å². The van der Waals surface area contributed by atoms with Gasteiger partial charge in [0.1, 0.15) is 5.82 Å². The lowest BCUT2D eigenvalue weighted by Crippen LogP contribution is -2.68. The highest BCUT2D eigenvalue weighted by Crippen LogP contribution is 2.51. The quantitative estimate of drug-likeness (QED) is 0.607. The van der Waals surface area contributed by atoms with Crippen LogP contribution in [0.1, 0.15) is 64.0 Å². The van der Waals surface area contributed by atoms with Gasteiger partial charge in [0.2, 0.25) is 0 Å². The lowest BCUT2D eigenvalue weighted by atomic mass is 9.58. The van der Waals surface area contributed by atoms with Gasteiger partial charge in [-0.15, -0.1) is 0 Å². The molecule has 0 radical (unpaired) electrons. The average Bonchev–Trinajstić information content (AvgIpc) is 3.48. The SMILES string of the molecule is CNC(C)(C)C12CCC(CC1)N(C1N=CC=C(Nc3cc(C4CC4)[nH]n3)N1)C2. The van der Waals surface area contributed by atoms with Crippen molar-refractivity contribution in [1.82, 2.24) is 25.7 Å². The Labute approximate surface area is 167 Å². The van der Waals surface area contributed by atoms with Gasteiger partial charge in [-0.2, -0.15) is 5.10 Å². The monoisotopic (exact) mass is 383 g/mol. The molecule has 0 spiro atoms. The van der Waals surface area contributed by atoms with Crippen LogP contribution in [0, 0.1) is 5.41 Å². The summed E-state index contributed by atoms with van der Waals surface area (Å²) >= 11 is 0. The molecular formula is C21H33N7. The first-order valence-electron chi connectivity index (χ1n) is 10.8. The Balaban J connectivity index is 1.28. The number of nitrogens with zero attached hydrogens (tertiary/aromatic N) is 3. The molecule has 5 aliphatic rings. The van der Waals surface area contributed by atoms with Crippen molar-refractivity contribution in [1.29, 1.82) is 0 Å². The molecule has 2 saturated heterocycles. The molecule has 2 aliphatic carbocycles. The van der Waals surface area contributed by atoms with E-state index in [0.29, 0.717) is 17.4 Å². The van der Waals surface area contributed by atoms with Crippen LogP contribution in [-0.4, -0.2) is 52.8 Å². The minimum atomic E-state index is -0.00743. The number of anilines is 1. The van der Waals surface area contributed by atoms with Crippen molar-refractivity contribution in [2.24, 2.45) is 10.4 Å². The van der Waals surface area contributed by atoms with Crippen LogP contribution in [0.4, 0.5) is 5.82 Å². The molecular weight excluding hydrogens is 350 g/mol. The average molecular weight is 384 g/mol. The van der Waals surface area contributed by atoms with Crippen LogP contribution in [0.3, 0.4) is 0 Å². The van der Waals surface area contributed by atoms with Gasteiger partial charge in [0, 0.05) is 47.4 Å². The lowest BCUT2D eigenvalue weighted by Gasteiger charge is -2.60. The van der Waals surface area contributed by atoms with Crippen LogP contribution in [0.5, 0.6) is 0 Å². The maximum absolute atomic E-state index is 4.77. The van der Waals surface area contributed by atoms with Crippen molar-refractivity contribution >= 4 is 12.0 Å². The van der Waals surface area contributed by atoms with Crippen LogP contribution in [0.2, 0.25) is 0 Å². The van der Waals surface area contributed by atoms with E-state index in [9.17, 15) is 0 Å². The molecule has 152 valence electrons. The topological polar surface area (TPSA) is 80.4 Å². The molecule has 1 aromatic rings. The zero-order valence-electron chi connectivity index (χ0n) is 17.3. The summed E-state index contributed by atoms with van der Waals surface area (Å²) in [6.45, 7) is 5.80. The molecule has 3 aliphatic heterocycles. The Kier molecular flexibility index (Phi) is 4.28. The number of rotatable bonds is 6. The smallest absolute Gasteiger partial charge is 0.177 e. The van der Waals surface area contributed by atoms with Gasteiger partial charge in [0.25, 0.3) is 0 Å². The fourth-order valence-electron chi connectivity index (χ4n) is 5.31. The zero-order chi connectivity index (χ0) is 19.4. The molecule has 0 amide bonds. The van der Waals surface area contributed by atoms with E-state index < -0.39 is 0 Å². The lowest BCUT2D eigenvalue weighted by molar-refractivity contribution is -0.0879. The zero-order valence-corrected chi connectivity index (χ0v) is 17.3. The van der Waals surface area contributed by atoms with Gasteiger partial charge in [0.05, 0.1) is 0 Å². The van der Waals surface area contributed by atoms with Crippen molar-refractivity contribution in [2.75, 3.05) is 18.9 Å². The van der Waals surface area contributed by atoms with E-state index in [1.807, 2.05) is 12.3 Å². The van der Waals surface area contributed by atoms with Crippen LogP contribution in [-0.2, 0) is 0 Å². The van der Waals surface area contributed by atoms with Gasteiger partial charge in [-0.05, 0) is 65.5 Å². The number of fused-ring (bicyclic) bond motifs is 3. The fourth-order valence-corrected chi connectivity index (χ4v) is 5.31. The molecule has 1 atom stereocenters. The summed E-state index contributed by atoms with van der Waals surface area (Å²) < 4.78 is 0. The molecule has 2 saturated carbocycles. The van der Waals surface area contributed by atoms with Gasteiger partial charge in [-0.1, -0.05) is 0 Å². The molecule has 0 aromatic carbocycles. The van der Waals surface area contributed by atoms with Crippen molar-refractivity contribution in [2.45, 2.75) is 76.2 Å². The normalized spacial score (nSPS) is 32.9. The Hall–Kier alpha value is -1.86. The van der Waals surface area contributed by atoms with Crippen LogP contribution in [0.15, 0.2) is 23.0 Å². The van der Waals surface area contributed by atoms with Crippen molar-refractivity contribution in [3.05, 3.63) is 23.7 Å². The summed E-state index contributed by atoms with van der Waals surface area (Å²) in [5.74, 6) is 2.53. The molecule has 6 rings (SSSR count). The minimum absolute atomic E-state index is 0.00743. The summed E-state index contributed by atoms with van der Waals surface area (Å²) in [4.78, 5) is 7.35. The number of aromatic nitrogens is 2. The van der Waals surface area contributed by atoms with Crippen molar-refractivity contribution < 1.29 is 0 Å². The summed E-state index contributed by atoms with van der Waals surface area (Å²) in [6, 6.07) is 2.75. The second kappa shape index (κ2) is 6.59. The minimum Gasteiger partial charge on any atom is -0.338 e. The largest absolute Gasteiger partial charge is 0.338 e. The van der Waals surface area contributed by atoms with Crippen LogP contribution < -0.4 is 16.0 Å². The van der Waals surface area contributed by atoms with E-state index in [4.69, 9.17) is 4.99 Å². The van der Waals surface area contributed by atoms with E-state index >= 15 is 0 Å². The third kappa shape index (κ3) is 3.05. The molecule has 7 heteroatoms. The first kappa shape index (κ1) is 18.2. The highest BCUT2D eigenvalue weighted by Gasteiger charge is 2.53. The Morgan fingerprint density at radius 1 is 1.21 bits per heavy atom. The molecule has 4 fully saturated rings. The third-order valence-electron chi connectivity index (χ3n) is 7.76. The number of allylic oxidation sites excluding steroid dienone is 1. The summed E-state index contributed by atoms with van der Waals surface area (Å²) in [5.41, 5.74) is 1.68. The standard InChI is InChI=1S/C21H33N7/c1-20(2,22-3)21-9-6-15(7-10-21)28(13-21)19-23-11-8-17(25-19)24-18-12-16(26-27-18)14-4-5-14/h8,11-12,14-15,19,22,25H,4-7,9-10,13H2,1-3H3,(H2,24,26,27). The Morgan fingerprint density at radius 3 is 2.71 bits per heavy atom. The molecule has 7 nitrogen and oxygen atoms in total. The summed E-state index contributed by atoms with van der Waals surface area (Å²) in [5, 5.41) is 18.2. The molecule has 2 bridgehead atoms. The Morgan fingerprint density at radius 2 is 2.00 bits per heavy atom. The summed E-state index contributed by atoms with van der Waals surface area (Å²) in [7, 11) is 2.10. The summed E-state index contributed by atoms with van der Waals surface area (Å²) in [6.07, 6.45) is 11.6. The van der Waals surface area contributed by atoms with Gasteiger partial charge >= 0.3 is 0 Å². The van der Waals surface area contributed by atoms with Gasteiger partial charge in [-0.3, -0.25) is 15.0 Å². The number of aliphatic imine (C=N–C) groups is 1. The predicted octanol–water partition coefficient (Wildman–Crippen LogP) is 2.74. The molecule has 28 heavy (non-hydrogen) atoms. The van der Waals surface area contributed by atoms with Crippen LogP contribution >= 0.6 is 0 Å². The van der Waals surface area contributed by atoms with Gasteiger partial charge in [0.15, 0.2) is 12.1 Å². The van der Waals surface area contributed by atoms with Crippen molar-refractivity contribution in [3.8, 4) is 0 Å². The van der Waals surface area contributed by atoms with Gasteiger partial charge in [-0.25, -0.2) is 0 Å². The number of piperidine rings is 2. The molecule has 4 N–H and O–H groups in total. The van der Waals surface area contributed by atoms with E-state index in [1.165, 1.54) is 44.2 Å². The number of aromatic amines is 1. The van der Waals surface area contributed by atoms with Crippen LogP contribution in [0.25, 0.3) is 0 Å². The van der Waals surface area contributed by atoms with E-state index in [-0.39, 0.29) is 11.8 Å². The Bertz CT molecular complexity index is 780. The number of hydrogen-bond donors (Lipinski definition) is 4. The second-order valence-electron chi connectivity index (χ2n) is 9.56. The first-order chi connectivity index (χ1) is 13.5. The molecule has 1 unspecified atom stereocenters. The third-order valence-corrected chi connectivity index (χ3v) is 7.76. The molecule has 4 heterocycles. The highest BCUT2D eigenvalue weighted by molar-refractivity contribution is 5.74. The number of nitrogens with one attached hydrogen (secondary N) is 4. The maximum Gasteiger partial charge on any atom is 0.177 e. The second-order valence-corrected chi connectivity index (χ2v) is 9.56. The first-order valence-corrected chi connectivity index (χ1v) is 10.8. The van der Waals surface area contributed by atoms with Crippen molar-refractivity contribution in [3.63, 3.8) is 0 Å². The molecule has 1 aromatic heterocycles. The van der Waals surface area contributed by atoms with E-state index in [2.05, 4.69) is 58.0 Å². The highest BCUT2D eigenvalue weighted by atomic mass is 15.4. The predicted molar refractivity (Wildman–Crippen MR) is 112 cm³/mol. The number of hydrogen-bond acceptors (Lipinski definition) is 6. The fraction of sp³-hybridized carbons (Fsp3) is 0.714. The van der Waals surface area contributed by atoms with E-state index in [0.717, 1.165) is 18.2 Å². The maximum atomic E-state index is 4.77. The van der Waals surface area contributed by atoms with E-state index in [1.54, 1.807) is 0 Å².